The second kappa shape index (κ2) is 7.27. The maximum atomic E-state index is 3.70. The number of rotatable bonds is 7. The van der Waals surface area contributed by atoms with E-state index in [2.05, 4.69) is 53.8 Å². The molecule has 3 unspecified atom stereocenters. The Morgan fingerprint density at radius 1 is 0.733 bits per heavy atom. The maximum absolute atomic E-state index is 3.70. The van der Waals surface area contributed by atoms with E-state index in [1.165, 1.54) is 12.8 Å². The molecule has 0 rings (SSSR count). The Kier molecular flexibility index (Phi) is 7.25. The topological polar surface area (TPSA) is 12.0 Å². The molecule has 0 aromatic heterocycles. The van der Waals surface area contributed by atoms with Crippen LogP contribution in [-0.2, 0) is 0 Å². The number of nitrogens with one attached hydrogen (secondary N) is 1. The summed E-state index contributed by atoms with van der Waals surface area (Å²) in [5.74, 6) is 2.35. The summed E-state index contributed by atoms with van der Waals surface area (Å²) in [7, 11) is 0. The van der Waals surface area contributed by atoms with E-state index in [-0.39, 0.29) is 0 Å². The molecule has 0 saturated carbocycles. The number of hydrogen-bond donors (Lipinski definition) is 1. The van der Waals surface area contributed by atoms with Crippen LogP contribution in [0.15, 0.2) is 0 Å². The third-order valence-electron chi connectivity index (χ3n) is 3.58. The first-order chi connectivity index (χ1) is 6.84. The van der Waals surface area contributed by atoms with Gasteiger partial charge in [-0.25, -0.2) is 0 Å². The van der Waals surface area contributed by atoms with Crippen LogP contribution in [0, 0.1) is 17.8 Å². The monoisotopic (exact) mass is 213 g/mol. The Morgan fingerprint density at radius 3 is 1.67 bits per heavy atom. The second-order valence-corrected chi connectivity index (χ2v) is 5.94. The van der Waals surface area contributed by atoms with Gasteiger partial charge in [0.1, 0.15) is 0 Å². The average molecular weight is 213 g/mol. The predicted molar refractivity (Wildman–Crippen MR) is 70.1 cm³/mol. The fraction of sp³-hybridized carbons (Fsp3) is 1.00. The highest BCUT2D eigenvalue weighted by Crippen LogP contribution is 2.16. The van der Waals surface area contributed by atoms with E-state index in [0.29, 0.717) is 12.1 Å². The zero-order valence-electron chi connectivity index (χ0n) is 11.8. The van der Waals surface area contributed by atoms with Crippen LogP contribution in [0.2, 0.25) is 0 Å². The highest BCUT2D eigenvalue weighted by Gasteiger charge is 2.16. The van der Waals surface area contributed by atoms with Crippen molar-refractivity contribution in [2.75, 3.05) is 0 Å². The van der Waals surface area contributed by atoms with E-state index < -0.39 is 0 Å². The van der Waals surface area contributed by atoms with Gasteiger partial charge in [0.15, 0.2) is 0 Å². The minimum atomic E-state index is 0.626. The summed E-state index contributed by atoms with van der Waals surface area (Å²) in [4.78, 5) is 0. The van der Waals surface area contributed by atoms with Crippen molar-refractivity contribution in [2.45, 2.75) is 73.4 Å². The van der Waals surface area contributed by atoms with Gasteiger partial charge < -0.3 is 5.32 Å². The van der Waals surface area contributed by atoms with Crippen molar-refractivity contribution in [3.8, 4) is 0 Å². The highest BCUT2D eigenvalue weighted by atomic mass is 14.9. The van der Waals surface area contributed by atoms with Crippen molar-refractivity contribution < 1.29 is 0 Å². The molecular formula is C14H31N. The molecule has 0 heterocycles. The molecule has 1 nitrogen and oxygen atoms in total. The van der Waals surface area contributed by atoms with Crippen molar-refractivity contribution in [1.82, 2.24) is 5.32 Å². The molecular weight excluding hydrogens is 182 g/mol. The van der Waals surface area contributed by atoms with Gasteiger partial charge in [0.25, 0.3) is 0 Å². The fourth-order valence-electron chi connectivity index (χ4n) is 1.62. The van der Waals surface area contributed by atoms with Crippen LogP contribution < -0.4 is 5.32 Å². The molecule has 0 saturated heterocycles. The van der Waals surface area contributed by atoms with Crippen molar-refractivity contribution in [3.05, 3.63) is 0 Å². The van der Waals surface area contributed by atoms with Crippen LogP contribution in [0.5, 0.6) is 0 Å². The Bertz CT molecular complexity index is 151. The standard InChI is InChI=1S/C14H31N/c1-10(2)8-9-12(5)14(7)15-13(6)11(3)4/h10-15H,8-9H2,1-7H3. The smallest absolute Gasteiger partial charge is 0.00669 e. The van der Waals surface area contributed by atoms with Gasteiger partial charge in [-0.2, -0.15) is 0 Å². The summed E-state index contributed by atoms with van der Waals surface area (Å²) in [5, 5.41) is 3.70. The summed E-state index contributed by atoms with van der Waals surface area (Å²) in [5.41, 5.74) is 0. The van der Waals surface area contributed by atoms with Crippen LogP contribution in [-0.4, -0.2) is 12.1 Å². The normalized spacial score (nSPS) is 18.2. The van der Waals surface area contributed by atoms with Gasteiger partial charge in [-0.1, -0.05) is 41.0 Å². The summed E-state index contributed by atoms with van der Waals surface area (Å²) in [6.07, 6.45) is 2.69. The van der Waals surface area contributed by atoms with Crippen LogP contribution in [0.3, 0.4) is 0 Å². The fourth-order valence-corrected chi connectivity index (χ4v) is 1.62. The molecule has 92 valence electrons. The molecule has 0 amide bonds. The van der Waals surface area contributed by atoms with E-state index >= 15 is 0 Å². The molecule has 1 heteroatoms. The van der Waals surface area contributed by atoms with E-state index in [9.17, 15) is 0 Å². The molecule has 1 N–H and O–H groups in total. The van der Waals surface area contributed by atoms with E-state index in [4.69, 9.17) is 0 Å². The third kappa shape index (κ3) is 6.94. The van der Waals surface area contributed by atoms with Crippen molar-refractivity contribution >= 4 is 0 Å². The molecule has 0 aromatic carbocycles. The van der Waals surface area contributed by atoms with Gasteiger partial charge in [-0.3, -0.25) is 0 Å². The maximum Gasteiger partial charge on any atom is 0.00669 e. The molecule has 0 spiro atoms. The Morgan fingerprint density at radius 2 is 1.27 bits per heavy atom. The highest BCUT2D eigenvalue weighted by molar-refractivity contribution is 4.74. The first kappa shape index (κ1) is 15.0. The average Bonchev–Trinajstić information content (AvgIpc) is 2.13. The van der Waals surface area contributed by atoms with Gasteiger partial charge in [0.05, 0.1) is 0 Å². The predicted octanol–water partition coefficient (Wildman–Crippen LogP) is 4.08. The lowest BCUT2D eigenvalue weighted by molar-refractivity contribution is 0.300. The number of hydrogen-bond acceptors (Lipinski definition) is 1. The van der Waals surface area contributed by atoms with Crippen LogP contribution in [0.4, 0.5) is 0 Å². The summed E-state index contributed by atoms with van der Waals surface area (Å²) >= 11 is 0. The zero-order valence-corrected chi connectivity index (χ0v) is 11.8. The lowest BCUT2D eigenvalue weighted by Gasteiger charge is -2.27. The summed E-state index contributed by atoms with van der Waals surface area (Å²) in [6.45, 7) is 16.2. The molecule has 0 radical (unpaired) electrons. The molecule has 0 aliphatic heterocycles. The summed E-state index contributed by atoms with van der Waals surface area (Å²) < 4.78 is 0. The van der Waals surface area contributed by atoms with Crippen LogP contribution >= 0.6 is 0 Å². The third-order valence-corrected chi connectivity index (χ3v) is 3.58. The molecule has 15 heavy (non-hydrogen) atoms. The van der Waals surface area contributed by atoms with Gasteiger partial charge in [-0.15, -0.1) is 0 Å². The van der Waals surface area contributed by atoms with Crippen molar-refractivity contribution in [3.63, 3.8) is 0 Å². The lowest BCUT2D eigenvalue weighted by Crippen LogP contribution is -2.41. The first-order valence-corrected chi connectivity index (χ1v) is 6.60. The van der Waals surface area contributed by atoms with Crippen molar-refractivity contribution in [1.29, 1.82) is 0 Å². The van der Waals surface area contributed by atoms with E-state index in [1.54, 1.807) is 0 Å². The molecule has 0 aliphatic carbocycles. The Labute approximate surface area is 97.0 Å². The van der Waals surface area contributed by atoms with Crippen molar-refractivity contribution in [2.24, 2.45) is 17.8 Å². The van der Waals surface area contributed by atoms with Gasteiger partial charge >= 0.3 is 0 Å². The van der Waals surface area contributed by atoms with Crippen LogP contribution in [0.25, 0.3) is 0 Å². The van der Waals surface area contributed by atoms with Crippen LogP contribution in [0.1, 0.15) is 61.3 Å². The van der Waals surface area contributed by atoms with Gasteiger partial charge in [0.2, 0.25) is 0 Å². The minimum Gasteiger partial charge on any atom is -0.311 e. The Hall–Kier alpha value is -0.0400. The Balaban J connectivity index is 3.82. The SMILES string of the molecule is CC(C)CCC(C)C(C)NC(C)C(C)C. The zero-order chi connectivity index (χ0) is 12.0. The molecule has 0 bridgehead atoms. The quantitative estimate of drug-likeness (QED) is 0.672. The van der Waals surface area contributed by atoms with E-state index in [0.717, 1.165) is 17.8 Å². The lowest BCUT2D eigenvalue weighted by atomic mass is 9.93. The molecule has 3 atom stereocenters. The largest absolute Gasteiger partial charge is 0.311 e. The molecule has 0 fully saturated rings. The minimum absolute atomic E-state index is 0.626. The summed E-state index contributed by atoms with van der Waals surface area (Å²) in [6, 6.07) is 1.27. The van der Waals surface area contributed by atoms with E-state index in [1.807, 2.05) is 0 Å². The van der Waals surface area contributed by atoms with Gasteiger partial charge in [0, 0.05) is 12.1 Å². The second-order valence-electron chi connectivity index (χ2n) is 5.94. The molecule has 0 aliphatic rings. The van der Waals surface area contributed by atoms with Gasteiger partial charge in [-0.05, 0) is 38.0 Å². The molecule has 0 aromatic rings. The first-order valence-electron chi connectivity index (χ1n) is 6.60.